The lowest BCUT2D eigenvalue weighted by molar-refractivity contribution is 0.135. The van der Waals surface area contributed by atoms with Crippen molar-refractivity contribution in [2.24, 2.45) is 5.92 Å². The van der Waals surface area contributed by atoms with Gasteiger partial charge < -0.3 is 4.74 Å². The number of benzene rings is 1. The first-order valence-corrected chi connectivity index (χ1v) is 7.43. The summed E-state index contributed by atoms with van der Waals surface area (Å²) in [5.74, 6) is 1.80. The highest BCUT2D eigenvalue weighted by molar-refractivity contribution is 5.59. The Morgan fingerprint density at radius 1 is 1.00 bits per heavy atom. The molecule has 0 saturated carbocycles. The topological polar surface area (TPSA) is 9.23 Å². The third-order valence-corrected chi connectivity index (χ3v) is 5.74. The van der Waals surface area contributed by atoms with E-state index in [2.05, 4.69) is 60.6 Å². The standard InChI is InChI=1S/C18H26O/c1-11-17(4,5)13-9-8-12-10-16(2,3)19-15(12)14(13)18(11,6)7/h8-9,11H,10H2,1-7H3. The average Bonchev–Trinajstić information content (AvgIpc) is 2.65. The average molecular weight is 258 g/mol. The molecule has 1 aromatic rings. The Balaban J connectivity index is 2.28. The van der Waals surface area contributed by atoms with E-state index < -0.39 is 0 Å². The molecule has 0 N–H and O–H groups in total. The minimum atomic E-state index is -0.0521. The number of hydrogen-bond donors (Lipinski definition) is 0. The molecule has 0 fully saturated rings. The fourth-order valence-electron chi connectivity index (χ4n) is 4.18. The van der Waals surface area contributed by atoms with Gasteiger partial charge >= 0.3 is 0 Å². The summed E-state index contributed by atoms with van der Waals surface area (Å²) in [6.45, 7) is 16.3. The van der Waals surface area contributed by atoms with Gasteiger partial charge in [0.1, 0.15) is 11.4 Å². The van der Waals surface area contributed by atoms with Crippen molar-refractivity contribution in [3.63, 3.8) is 0 Å². The van der Waals surface area contributed by atoms with Crippen LogP contribution in [-0.4, -0.2) is 5.60 Å². The van der Waals surface area contributed by atoms with E-state index in [1.165, 1.54) is 22.4 Å². The van der Waals surface area contributed by atoms with Gasteiger partial charge in [-0.3, -0.25) is 0 Å². The maximum atomic E-state index is 6.31. The summed E-state index contributed by atoms with van der Waals surface area (Å²) in [7, 11) is 0. The monoisotopic (exact) mass is 258 g/mol. The van der Waals surface area contributed by atoms with E-state index in [0.29, 0.717) is 5.92 Å². The zero-order chi connectivity index (χ0) is 14.2. The quantitative estimate of drug-likeness (QED) is 0.660. The van der Waals surface area contributed by atoms with Crippen molar-refractivity contribution in [3.05, 3.63) is 28.8 Å². The fraction of sp³-hybridized carbons (Fsp3) is 0.667. The van der Waals surface area contributed by atoms with Crippen LogP contribution in [-0.2, 0) is 17.3 Å². The first-order chi connectivity index (χ1) is 8.57. The molecular formula is C18H26O. The Bertz CT molecular complexity index is 549. The predicted molar refractivity (Wildman–Crippen MR) is 80.1 cm³/mol. The van der Waals surface area contributed by atoms with Crippen LogP contribution in [0.15, 0.2) is 12.1 Å². The molecule has 0 spiro atoms. The van der Waals surface area contributed by atoms with E-state index in [4.69, 9.17) is 4.74 Å². The molecule has 104 valence electrons. The molecule has 2 aliphatic rings. The largest absolute Gasteiger partial charge is 0.487 e. The molecule has 1 aliphatic carbocycles. The molecule has 19 heavy (non-hydrogen) atoms. The van der Waals surface area contributed by atoms with Crippen molar-refractivity contribution in [3.8, 4) is 5.75 Å². The molecule has 1 nitrogen and oxygen atoms in total. The van der Waals surface area contributed by atoms with Gasteiger partial charge in [-0.15, -0.1) is 0 Å². The maximum absolute atomic E-state index is 6.31. The first-order valence-electron chi connectivity index (χ1n) is 7.43. The summed E-state index contributed by atoms with van der Waals surface area (Å²) in [6, 6.07) is 4.64. The third kappa shape index (κ3) is 1.53. The maximum Gasteiger partial charge on any atom is 0.127 e. The van der Waals surface area contributed by atoms with Gasteiger partial charge in [-0.05, 0) is 41.7 Å². The number of ether oxygens (including phenoxy) is 1. The lowest BCUT2D eigenvalue weighted by Gasteiger charge is -2.33. The Labute approximate surface area is 117 Å². The van der Waals surface area contributed by atoms with Crippen LogP contribution in [0, 0.1) is 5.92 Å². The Hall–Kier alpha value is -0.980. The Kier molecular flexibility index (Phi) is 2.31. The van der Waals surface area contributed by atoms with Crippen molar-refractivity contribution in [1.29, 1.82) is 0 Å². The Morgan fingerprint density at radius 3 is 2.26 bits per heavy atom. The molecule has 1 unspecified atom stereocenters. The second-order valence-electron chi connectivity index (χ2n) is 8.18. The minimum absolute atomic E-state index is 0.0521. The highest BCUT2D eigenvalue weighted by Crippen LogP contribution is 2.58. The van der Waals surface area contributed by atoms with Crippen LogP contribution < -0.4 is 4.74 Å². The molecular weight excluding hydrogens is 232 g/mol. The lowest BCUT2D eigenvalue weighted by Crippen LogP contribution is -2.31. The molecule has 0 radical (unpaired) electrons. The second kappa shape index (κ2) is 3.37. The molecule has 0 bridgehead atoms. The highest BCUT2D eigenvalue weighted by atomic mass is 16.5. The van der Waals surface area contributed by atoms with Gasteiger partial charge in [0.2, 0.25) is 0 Å². The van der Waals surface area contributed by atoms with E-state index in [0.717, 1.165) is 6.42 Å². The summed E-state index contributed by atoms with van der Waals surface area (Å²) in [5.41, 5.74) is 4.70. The number of rotatable bonds is 0. The number of fused-ring (bicyclic) bond motifs is 3. The molecule has 1 atom stereocenters. The van der Waals surface area contributed by atoms with E-state index in [1.54, 1.807) is 0 Å². The van der Waals surface area contributed by atoms with Crippen LogP contribution >= 0.6 is 0 Å². The van der Waals surface area contributed by atoms with Gasteiger partial charge in [-0.2, -0.15) is 0 Å². The summed E-state index contributed by atoms with van der Waals surface area (Å²) < 4.78 is 6.31. The highest BCUT2D eigenvalue weighted by Gasteiger charge is 2.51. The summed E-state index contributed by atoms with van der Waals surface area (Å²) >= 11 is 0. The molecule has 1 heterocycles. The summed E-state index contributed by atoms with van der Waals surface area (Å²) in [6.07, 6.45) is 1.03. The van der Waals surface area contributed by atoms with Crippen molar-refractivity contribution >= 4 is 0 Å². The molecule has 3 rings (SSSR count). The van der Waals surface area contributed by atoms with Gasteiger partial charge in [-0.1, -0.05) is 46.8 Å². The van der Waals surface area contributed by atoms with Crippen LogP contribution in [0.1, 0.15) is 65.2 Å². The Morgan fingerprint density at radius 2 is 1.63 bits per heavy atom. The van der Waals surface area contributed by atoms with E-state index >= 15 is 0 Å². The van der Waals surface area contributed by atoms with Gasteiger partial charge in [0.15, 0.2) is 0 Å². The van der Waals surface area contributed by atoms with Crippen LogP contribution in [0.4, 0.5) is 0 Å². The van der Waals surface area contributed by atoms with Gasteiger partial charge in [0.25, 0.3) is 0 Å². The summed E-state index contributed by atoms with van der Waals surface area (Å²) in [4.78, 5) is 0. The number of hydrogen-bond acceptors (Lipinski definition) is 1. The third-order valence-electron chi connectivity index (χ3n) is 5.74. The molecule has 1 aliphatic heterocycles. The van der Waals surface area contributed by atoms with E-state index in [9.17, 15) is 0 Å². The van der Waals surface area contributed by atoms with E-state index in [-0.39, 0.29) is 16.4 Å². The second-order valence-corrected chi connectivity index (χ2v) is 8.18. The van der Waals surface area contributed by atoms with E-state index in [1.807, 2.05) is 0 Å². The molecule has 1 heteroatoms. The van der Waals surface area contributed by atoms with Crippen LogP contribution in [0.2, 0.25) is 0 Å². The van der Waals surface area contributed by atoms with Crippen molar-refractivity contribution in [2.75, 3.05) is 0 Å². The normalized spacial score (nSPS) is 28.7. The molecule has 1 aromatic carbocycles. The smallest absolute Gasteiger partial charge is 0.127 e. The lowest BCUT2D eigenvalue weighted by atomic mass is 9.71. The first kappa shape index (κ1) is 13.0. The van der Waals surface area contributed by atoms with Crippen LogP contribution in [0.25, 0.3) is 0 Å². The zero-order valence-electron chi connectivity index (χ0n) is 13.3. The minimum Gasteiger partial charge on any atom is -0.487 e. The van der Waals surface area contributed by atoms with Crippen LogP contribution in [0.5, 0.6) is 5.75 Å². The summed E-state index contributed by atoms with van der Waals surface area (Å²) in [5, 5.41) is 0. The molecule has 0 saturated heterocycles. The van der Waals surface area contributed by atoms with Crippen molar-refractivity contribution < 1.29 is 4.74 Å². The van der Waals surface area contributed by atoms with Gasteiger partial charge in [0, 0.05) is 12.0 Å². The SMILES string of the molecule is CC1C(C)(C)c2ccc3c(c2C1(C)C)OC(C)(C)C3. The van der Waals surface area contributed by atoms with Crippen molar-refractivity contribution in [2.45, 2.75) is 71.3 Å². The molecule has 0 aromatic heterocycles. The molecule has 0 amide bonds. The van der Waals surface area contributed by atoms with Crippen LogP contribution in [0.3, 0.4) is 0 Å². The predicted octanol–water partition coefficient (Wildman–Crippen LogP) is 4.61. The zero-order valence-corrected chi connectivity index (χ0v) is 13.3. The van der Waals surface area contributed by atoms with Gasteiger partial charge in [0.05, 0.1) is 0 Å². The fourth-order valence-corrected chi connectivity index (χ4v) is 4.18. The van der Waals surface area contributed by atoms with Crippen molar-refractivity contribution in [1.82, 2.24) is 0 Å². The van der Waals surface area contributed by atoms with Gasteiger partial charge in [-0.25, -0.2) is 0 Å².